The molecule has 0 saturated heterocycles. The summed E-state index contributed by atoms with van der Waals surface area (Å²) in [6, 6.07) is 61.9. The predicted octanol–water partition coefficient (Wildman–Crippen LogP) is 13.4. The average molecular weight is 628 g/mol. The second-order valence-electron chi connectivity index (χ2n) is 12.5. The van der Waals surface area contributed by atoms with Crippen molar-refractivity contribution in [1.29, 1.82) is 0 Å². The summed E-state index contributed by atoms with van der Waals surface area (Å²) in [5, 5.41) is 6.67. The van der Waals surface area contributed by atoms with Crippen LogP contribution in [0.15, 0.2) is 185 Å². The van der Waals surface area contributed by atoms with Crippen LogP contribution in [-0.2, 0) is 0 Å². The maximum atomic E-state index is 6.72. The molecule has 0 aliphatic rings. The lowest BCUT2D eigenvalue weighted by Crippen LogP contribution is -2.11. The summed E-state index contributed by atoms with van der Waals surface area (Å²) < 4.78 is 13.3. The van der Waals surface area contributed by atoms with Crippen molar-refractivity contribution in [2.24, 2.45) is 0 Å². The summed E-state index contributed by atoms with van der Waals surface area (Å²) in [4.78, 5) is 2.38. The van der Waals surface area contributed by atoms with Gasteiger partial charge in [-0.1, -0.05) is 121 Å². The number of fused-ring (bicyclic) bond motifs is 7. The fourth-order valence-corrected chi connectivity index (χ4v) is 7.37. The van der Waals surface area contributed by atoms with Crippen LogP contribution in [-0.4, -0.2) is 0 Å². The Balaban J connectivity index is 1.29. The third kappa shape index (κ3) is 4.44. The first-order valence-corrected chi connectivity index (χ1v) is 16.6. The summed E-state index contributed by atoms with van der Waals surface area (Å²) in [5.74, 6) is 0. The number of hydrogen-bond acceptors (Lipinski definition) is 3. The Labute approximate surface area is 282 Å². The lowest BCUT2D eigenvalue weighted by atomic mass is 9.99. The maximum Gasteiger partial charge on any atom is 0.145 e. The lowest BCUT2D eigenvalue weighted by molar-refractivity contribution is 0.669. The zero-order valence-electron chi connectivity index (χ0n) is 26.5. The zero-order chi connectivity index (χ0) is 32.3. The first-order valence-electron chi connectivity index (χ1n) is 16.6. The minimum Gasteiger partial charge on any atom is -0.456 e. The second kappa shape index (κ2) is 11.0. The van der Waals surface area contributed by atoms with Crippen molar-refractivity contribution in [2.75, 3.05) is 4.90 Å². The molecule has 0 N–H and O–H groups in total. The third-order valence-electron chi connectivity index (χ3n) is 9.64. The first kappa shape index (κ1) is 27.5. The fraction of sp³-hybridized carbons (Fsp3) is 0. The number of furan rings is 2. The number of anilines is 3. The molecule has 3 nitrogen and oxygen atoms in total. The van der Waals surface area contributed by atoms with Gasteiger partial charge in [-0.15, -0.1) is 0 Å². The van der Waals surface area contributed by atoms with E-state index in [9.17, 15) is 0 Å². The molecule has 8 aromatic carbocycles. The van der Waals surface area contributed by atoms with Crippen LogP contribution in [0.2, 0.25) is 0 Å². The molecule has 0 aliphatic carbocycles. The van der Waals surface area contributed by atoms with Crippen LogP contribution in [0.5, 0.6) is 0 Å². The van der Waals surface area contributed by atoms with Gasteiger partial charge >= 0.3 is 0 Å². The monoisotopic (exact) mass is 627 g/mol. The SMILES string of the molecule is c1ccc(-c2ccc3c(c2)oc2cccc(N(c4ccc5ccccc5c4)c4ccc(-c5ccccc5)c5oc6ccccc6c45)c23)cc1. The van der Waals surface area contributed by atoms with Crippen LogP contribution in [0.4, 0.5) is 17.1 Å². The number of benzene rings is 8. The number of rotatable bonds is 5. The highest BCUT2D eigenvalue weighted by atomic mass is 16.3. The molecule has 0 saturated carbocycles. The van der Waals surface area contributed by atoms with E-state index >= 15 is 0 Å². The highest BCUT2D eigenvalue weighted by Gasteiger charge is 2.25. The van der Waals surface area contributed by atoms with Gasteiger partial charge in [-0.25, -0.2) is 0 Å². The average Bonchev–Trinajstić information content (AvgIpc) is 3.75. The fourth-order valence-electron chi connectivity index (χ4n) is 7.37. The molecule has 0 unspecified atom stereocenters. The van der Waals surface area contributed by atoms with Gasteiger partial charge in [0.05, 0.1) is 22.1 Å². The predicted molar refractivity (Wildman–Crippen MR) is 204 cm³/mol. The molecule has 0 spiro atoms. The van der Waals surface area contributed by atoms with Crippen molar-refractivity contribution >= 4 is 71.7 Å². The van der Waals surface area contributed by atoms with E-state index in [0.29, 0.717) is 0 Å². The van der Waals surface area contributed by atoms with Crippen LogP contribution >= 0.6 is 0 Å². The van der Waals surface area contributed by atoms with E-state index in [-0.39, 0.29) is 0 Å². The van der Waals surface area contributed by atoms with Crippen LogP contribution < -0.4 is 4.90 Å². The van der Waals surface area contributed by atoms with Crippen LogP contribution in [0.1, 0.15) is 0 Å². The van der Waals surface area contributed by atoms with Gasteiger partial charge in [0.2, 0.25) is 0 Å². The summed E-state index contributed by atoms with van der Waals surface area (Å²) in [6.07, 6.45) is 0. The van der Waals surface area contributed by atoms with E-state index in [0.717, 1.165) is 83.2 Å². The Morgan fingerprint density at radius 2 is 1.06 bits per heavy atom. The minimum atomic E-state index is 0.845. The van der Waals surface area contributed by atoms with Crippen molar-refractivity contribution in [3.63, 3.8) is 0 Å². The Kier molecular flexibility index (Phi) is 6.18. The molecule has 0 fully saturated rings. The topological polar surface area (TPSA) is 29.5 Å². The number of para-hydroxylation sites is 1. The Bertz CT molecular complexity index is 2830. The molecule has 0 atom stereocenters. The smallest absolute Gasteiger partial charge is 0.145 e. The Morgan fingerprint density at radius 3 is 1.92 bits per heavy atom. The molecule has 49 heavy (non-hydrogen) atoms. The van der Waals surface area contributed by atoms with Crippen molar-refractivity contribution < 1.29 is 8.83 Å². The van der Waals surface area contributed by atoms with E-state index in [1.807, 2.05) is 18.2 Å². The Hall–Kier alpha value is -6.58. The molecule has 10 aromatic rings. The van der Waals surface area contributed by atoms with Crippen molar-refractivity contribution in [3.8, 4) is 22.3 Å². The van der Waals surface area contributed by atoms with Gasteiger partial charge in [-0.05, 0) is 82.1 Å². The molecule has 2 aromatic heterocycles. The minimum absolute atomic E-state index is 0.845. The van der Waals surface area contributed by atoms with Gasteiger partial charge in [0.25, 0.3) is 0 Å². The molecular weight excluding hydrogens is 599 g/mol. The van der Waals surface area contributed by atoms with Gasteiger partial charge in [0, 0.05) is 22.0 Å². The molecule has 0 aliphatic heterocycles. The summed E-state index contributed by atoms with van der Waals surface area (Å²) in [6.45, 7) is 0. The number of nitrogens with zero attached hydrogens (tertiary/aromatic N) is 1. The third-order valence-corrected chi connectivity index (χ3v) is 9.64. The van der Waals surface area contributed by atoms with E-state index in [4.69, 9.17) is 8.83 Å². The largest absolute Gasteiger partial charge is 0.456 e. The molecule has 3 heteroatoms. The van der Waals surface area contributed by atoms with Gasteiger partial charge < -0.3 is 13.7 Å². The van der Waals surface area contributed by atoms with Crippen molar-refractivity contribution in [1.82, 2.24) is 0 Å². The molecule has 230 valence electrons. The standard InChI is InChI=1S/C46H29NO2/c1-3-12-30(13-4-1)34-23-25-38-43(29-34)48-42-21-11-19-39(44(38)42)47(35-24-22-31-14-7-8-17-33(31)28-35)40-27-26-36(32-15-5-2-6-16-32)46-45(40)37-18-9-10-20-41(37)49-46/h1-29H. The molecular formula is C46H29NO2. The molecule has 0 bridgehead atoms. The van der Waals surface area contributed by atoms with Gasteiger partial charge in [-0.2, -0.15) is 0 Å². The lowest BCUT2D eigenvalue weighted by Gasteiger charge is -2.27. The van der Waals surface area contributed by atoms with Crippen molar-refractivity contribution in [2.45, 2.75) is 0 Å². The first-order chi connectivity index (χ1) is 24.3. The highest BCUT2D eigenvalue weighted by Crippen LogP contribution is 2.49. The summed E-state index contributed by atoms with van der Waals surface area (Å²) in [7, 11) is 0. The van der Waals surface area contributed by atoms with Crippen LogP contribution in [0.3, 0.4) is 0 Å². The van der Waals surface area contributed by atoms with Gasteiger partial charge in [0.15, 0.2) is 0 Å². The van der Waals surface area contributed by atoms with Crippen molar-refractivity contribution in [3.05, 3.63) is 176 Å². The van der Waals surface area contributed by atoms with E-state index in [1.54, 1.807) is 0 Å². The molecule has 2 heterocycles. The highest BCUT2D eigenvalue weighted by molar-refractivity contribution is 6.20. The van der Waals surface area contributed by atoms with E-state index in [2.05, 4.69) is 163 Å². The summed E-state index contributed by atoms with van der Waals surface area (Å²) in [5.41, 5.74) is 11.0. The normalized spacial score (nSPS) is 11.7. The zero-order valence-corrected chi connectivity index (χ0v) is 26.5. The van der Waals surface area contributed by atoms with E-state index < -0.39 is 0 Å². The van der Waals surface area contributed by atoms with Crippen LogP contribution in [0, 0.1) is 0 Å². The molecule has 10 rings (SSSR count). The number of hydrogen-bond donors (Lipinski definition) is 0. The van der Waals surface area contributed by atoms with Crippen LogP contribution in [0.25, 0.3) is 76.9 Å². The van der Waals surface area contributed by atoms with Gasteiger partial charge in [-0.3, -0.25) is 0 Å². The van der Waals surface area contributed by atoms with E-state index in [1.165, 1.54) is 10.8 Å². The van der Waals surface area contributed by atoms with Gasteiger partial charge in [0.1, 0.15) is 22.3 Å². The summed E-state index contributed by atoms with van der Waals surface area (Å²) >= 11 is 0. The second-order valence-corrected chi connectivity index (χ2v) is 12.5. The Morgan fingerprint density at radius 1 is 0.367 bits per heavy atom. The maximum absolute atomic E-state index is 6.72. The molecule has 0 amide bonds. The quantitative estimate of drug-likeness (QED) is 0.190. The molecule has 0 radical (unpaired) electrons.